The molecule has 2 rings (SSSR count). The SMILES string of the molecule is Cc1cccc(C(=O)NC(C)c2cnn(C)c2)c1. The Balaban J connectivity index is 2.08. The molecule has 0 aliphatic heterocycles. The van der Waals surface area contributed by atoms with Gasteiger partial charge in [-0.15, -0.1) is 0 Å². The normalized spacial score (nSPS) is 12.2. The van der Waals surface area contributed by atoms with E-state index >= 15 is 0 Å². The molecule has 1 aromatic heterocycles. The highest BCUT2D eigenvalue weighted by atomic mass is 16.1. The van der Waals surface area contributed by atoms with Gasteiger partial charge in [0.05, 0.1) is 12.2 Å². The minimum atomic E-state index is -0.0601. The second kappa shape index (κ2) is 5.04. The van der Waals surface area contributed by atoms with Crippen molar-refractivity contribution in [3.63, 3.8) is 0 Å². The van der Waals surface area contributed by atoms with Crippen LogP contribution in [-0.4, -0.2) is 15.7 Å². The molecule has 4 heteroatoms. The van der Waals surface area contributed by atoms with Crippen LogP contribution in [0.4, 0.5) is 0 Å². The Kier molecular flexibility index (Phi) is 3.46. The van der Waals surface area contributed by atoms with Crippen LogP contribution < -0.4 is 5.32 Å². The van der Waals surface area contributed by atoms with Crippen LogP contribution in [0.15, 0.2) is 36.7 Å². The molecule has 2 aromatic rings. The number of aromatic nitrogens is 2. The highest BCUT2D eigenvalue weighted by Crippen LogP contribution is 2.12. The third-order valence-corrected chi connectivity index (χ3v) is 2.85. The number of hydrogen-bond donors (Lipinski definition) is 1. The summed E-state index contributed by atoms with van der Waals surface area (Å²) in [6, 6.07) is 7.51. The number of aryl methyl sites for hydroxylation is 2. The van der Waals surface area contributed by atoms with E-state index in [9.17, 15) is 4.79 Å². The average Bonchev–Trinajstić information content (AvgIpc) is 2.76. The summed E-state index contributed by atoms with van der Waals surface area (Å²) in [5.74, 6) is -0.0601. The van der Waals surface area contributed by atoms with Crippen molar-refractivity contribution >= 4 is 5.91 Å². The molecule has 94 valence electrons. The van der Waals surface area contributed by atoms with Gasteiger partial charge >= 0.3 is 0 Å². The van der Waals surface area contributed by atoms with Gasteiger partial charge in [0.2, 0.25) is 0 Å². The van der Waals surface area contributed by atoms with Gasteiger partial charge in [0.15, 0.2) is 0 Å². The predicted octanol–water partition coefficient (Wildman–Crippen LogP) is 2.22. The Labute approximate surface area is 107 Å². The van der Waals surface area contributed by atoms with Crippen molar-refractivity contribution in [2.24, 2.45) is 7.05 Å². The molecule has 1 amide bonds. The molecule has 1 heterocycles. The van der Waals surface area contributed by atoms with E-state index in [1.807, 2.05) is 51.4 Å². The zero-order chi connectivity index (χ0) is 13.1. The first-order valence-corrected chi connectivity index (χ1v) is 5.92. The number of amides is 1. The van der Waals surface area contributed by atoms with Crippen LogP contribution in [0.2, 0.25) is 0 Å². The zero-order valence-electron chi connectivity index (χ0n) is 10.8. The van der Waals surface area contributed by atoms with Crippen molar-refractivity contribution in [3.8, 4) is 0 Å². The van der Waals surface area contributed by atoms with Crippen LogP contribution >= 0.6 is 0 Å². The third kappa shape index (κ3) is 2.77. The molecule has 0 fully saturated rings. The van der Waals surface area contributed by atoms with Gasteiger partial charge in [-0.1, -0.05) is 17.7 Å². The first-order chi connectivity index (χ1) is 8.56. The van der Waals surface area contributed by atoms with E-state index in [4.69, 9.17) is 0 Å². The Morgan fingerprint density at radius 2 is 2.22 bits per heavy atom. The molecule has 18 heavy (non-hydrogen) atoms. The summed E-state index contributed by atoms with van der Waals surface area (Å²) >= 11 is 0. The fraction of sp³-hybridized carbons (Fsp3) is 0.286. The summed E-state index contributed by atoms with van der Waals surface area (Å²) in [6.45, 7) is 3.92. The molecular weight excluding hydrogens is 226 g/mol. The van der Waals surface area contributed by atoms with Gasteiger partial charge in [-0.25, -0.2) is 0 Å². The molecule has 1 unspecified atom stereocenters. The van der Waals surface area contributed by atoms with Gasteiger partial charge in [0.1, 0.15) is 0 Å². The topological polar surface area (TPSA) is 46.9 Å². The van der Waals surface area contributed by atoms with E-state index in [0.717, 1.165) is 11.1 Å². The largest absolute Gasteiger partial charge is 0.345 e. The molecule has 0 aliphatic rings. The van der Waals surface area contributed by atoms with Gasteiger partial charge in [-0.05, 0) is 26.0 Å². The molecule has 1 N–H and O–H groups in total. The van der Waals surface area contributed by atoms with Gasteiger partial charge in [0.25, 0.3) is 5.91 Å². The lowest BCUT2D eigenvalue weighted by molar-refractivity contribution is 0.0940. The summed E-state index contributed by atoms with van der Waals surface area (Å²) in [6.07, 6.45) is 3.67. The molecule has 0 radical (unpaired) electrons. The van der Waals surface area contributed by atoms with Crippen molar-refractivity contribution in [2.45, 2.75) is 19.9 Å². The van der Waals surface area contributed by atoms with E-state index in [1.54, 1.807) is 10.9 Å². The van der Waals surface area contributed by atoms with E-state index in [0.29, 0.717) is 5.56 Å². The van der Waals surface area contributed by atoms with E-state index in [2.05, 4.69) is 10.4 Å². The predicted molar refractivity (Wildman–Crippen MR) is 70.3 cm³/mol. The minimum absolute atomic E-state index is 0.0493. The summed E-state index contributed by atoms with van der Waals surface area (Å²) in [4.78, 5) is 12.0. The Morgan fingerprint density at radius 3 is 2.83 bits per heavy atom. The number of rotatable bonds is 3. The maximum absolute atomic E-state index is 12.0. The number of carbonyl (C=O) groups excluding carboxylic acids is 1. The van der Waals surface area contributed by atoms with Crippen LogP contribution in [-0.2, 0) is 7.05 Å². The number of carbonyl (C=O) groups is 1. The van der Waals surface area contributed by atoms with E-state index in [1.165, 1.54) is 0 Å². The third-order valence-electron chi connectivity index (χ3n) is 2.85. The molecule has 0 bridgehead atoms. The fourth-order valence-electron chi connectivity index (χ4n) is 1.81. The standard InChI is InChI=1S/C14H17N3O/c1-10-5-4-6-12(7-10)14(18)16-11(2)13-8-15-17(3)9-13/h4-9,11H,1-3H3,(H,16,18). The van der Waals surface area contributed by atoms with Crippen molar-refractivity contribution < 1.29 is 4.79 Å². The molecule has 1 atom stereocenters. The summed E-state index contributed by atoms with van der Waals surface area (Å²) in [5, 5.41) is 7.06. The average molecular weight is 243 g/mol. The highest BCUT2D eigenvalue weighted by Gasteiger charge is 2.12. The Bertz CT molecular complexity index is 560. The monoisotopic (exact) mass is 243 g/mol. The molecular formula is C14H17N3O. The van der Waals surface area contributed by atoms with Crippen LogP contribution in [0.1, 0.15) is 34.5 Å². The van der Waals surface area contributed by atoms with Gasteiger partial charge < -0.3 is 5.32 Å². The quantitative estimate of drug-likeness (QED) is 0.898. The van der Waals surface area contributed by atoms with Crippen LogP contribution in [0.3, 0.4) is 0 Å². The van der Waals surface area contributed by atoms with Gasteiger partial charge in [-0.2, -0.15) is 5.10 Å². The lowest BCUT2D eigenvalue weighted by Gasteiger charge is -2.12. The fourth-order valence-corrected chi connectivity index (χ4v) is 1.81. The van der Waals surface area contributed by atoms with E-state index < -0.39 is 0 Å². The van der Waals surface area contributed by atoms with E-state index in [-0.39, 0.29) is 11.9 Å². The number of nitrogens with zero attached hydrogens (tertiary/aromatic N) is 2. The second-order valence-corrected chi connectivity index (χ2v) is 4.51. The molecule has 0 saturated carbocycles. The molecule has 0 spiro atoms. The molecule has 4 nitrogen and oxygen atoms in total. The van der Waals surface area contributed by atoms with Crippen LogP contribution in [0.5, 0.6) is 0 Å². The van der Waals surface area contributed by atoms with Crippen LogP contribution in [0, 0.1) is 6.92 Å². The van der Waals surface area contributed by atoms with Crippen molar-refractivity contribution in [1.29, 1.82) is 0 Å². The van der Waals surface area contributed by atoms with Crippen molar-refractivity contribution in [2.75, 3.05) is 0 Å². The summed E-state index contributed by atoms with van der Waals surface area (Å²) in [5.41, 5.74) is 2.76. The number of nitrogens with one attached hydrogen (secondary N) is 1. The van der Waals surface area contributed by atoms with Crippen LogP contribution in [0.25, 0.3) is 0 Å². The van der Waals surface area contributed by atoms with Gasteiger partial charge in [0, 0.05) is 24.4 Å². The first kappa shape index (κ1) is 12.4. The smallest absolute Gasteiger partial charge is 0.251 e. The lowest BCUT2D eigenvalue weighted by Crippen LogP contribution is -2.26. The summed E-state index contributed by atoms with van der Waals surface area (Å²) < 4.78 is 1.73. The highest BCUT2D eigenvalue weighted by molar-refractivity contribution is 5.94. The van der Waals surface area contributed by atoms with Gasteiger partial charge in [-0.3, -0.25) is 9.48 Å². The summed E-state index contributed by atoms with van der Waals surface area (Å²) in [7, 11) is 1.86. The van der Waals surface area contributed by atoms with Crippen molar-refractivity contribution in [1.82, 2.24) is 15.1 Å². The molecule has 0 aliphatic carbocycles. The molecule has 1 aromatic carbocycles. The lowest BCUT2D eigenvalue weighted by atomic mass is 10.1. The maximum Gasteiger partial charge on any atom is 0.251 e. The second-order valence-electron chi connectivity index (χ2n) is 4.51. The Morgan fingerprint density at radius 1 is 1.44 bits per heavy atom. The van der Waals surface area contributed by atoms with Crippen molar-refractivity contribution in [3.05, 3.63) is 53.3 Å². The Hall–Kier alpha value is -2.10. The molecule has 0 saturated heterocycles. The number of benzene rings is 1. The number of hydrogen-bond acceptors (Lipinski definition) is 2. The zero-order valence-corrected chi connectivity index (χ0v) is 10.8. The maximum atomic E-state index is 12.0. The minimum Gasteiger partial charge on any atom is -0.345 e. The first-order valence-electron chi connectivity index (χ1n) is 5.92.